The Morgan fingerprint density at radius 1 is 0.750 bits per heavy atom. The Balaban J connectivity index is 1.92. The molecule has 0 radical (unpaired) electrons. The van der Waals surface area contributed by atoms with Gasteiger partial charge in [-0.05, 0) is 53.7 Å². The molecule has 40 heavy (non-hydrogen) atoms. The van der Waals surface area contributed by atoms with Crippen LogP contribution in [0.4, 0.5) is 54.0 Å². The number of nitrogens with zero attached hydrogens (tertiary/aromatic N) is 1. The molecule has 0 fully saturated rings. The number of anilines is 1. The average Bonchev–Trinajstić information content (AvgIpc) is 2.82. The molecule has 0 amide bonds. The zero-order chi connectivity index (χ0) is 29.9. The van der Waals surface area contributed by atoms with Gasteiger partial charge in [0.05, 0.1) is 6.54 Å². The van der Waals surface area contributed by atoms with Crippen LogP contribution in [0.3, 0.4) is 0 Å². The van der Waals surface area contributed by atoms with E-state index in [-0.39, 0.29) is 27.6 Å². The van der Waals surface area contributed by atoms with Gasteiger partial charge in [-0.2, -0.15) is 48.3 Å². The highest BCUT2D eigenvalue weighted by atomic mass is 32.2. The van der Waals surface area contributed by atoms with E-state index >= 15 is 0 Å². The number of rotatable bonds is 9. The van der Waals surface area contributed by atoms with Gasteiger partial charge in [0.2, 0.25) is 0 Å². The summed E-state index contributed by atoms with van der Waals surface area (Å²) in [5, 5.41) is 9.65. The van der Waals surface area contributed by atoms with Gasteiger partial charge in [0.25, 0.3) is 0 Å². The molecule has 1 N–H and O–H groups in total. The standard InChI is InChI=1S/C25H18F11NO2S/c26-22(27,24(31,32)33)16-5-1-4-15(10-16)13-37(14-21(38)23(28,29)30)17-6-2-7-18(11-17)39-19-8-3-9-20(12-19)40-25(34,35)36/h1-12,21,38H,13-14H2/t21-/m1/s1. The summed E-state index contributed by atoms with van der Waals surface area (Å²) in [5.74, 6) is -5.32. The molecule has 0 aliphatic heterocycles. The maximum atomic E-state index is 13.8. The first-order valence-corrected chi connectivity index (χ1v) is 11.8. The number of hydrogen-bond acceptors (Lipinski definition) is 4. The lowest BCUT2D eigenvalue weighted by atomic mass is 10.0. The van der Waals surface area contributed by atoms with Crippen LogP contribution in [0.15, 0.2) is 77.7 Å². The quantitative estimate of drug-likeness (QED) is 0.196. The molecule has 0 saturated carbocycles. The predicted octanol–water partition coefficient (Wildman–Crippen LogP) is 8.67. The molecule has 3 aromatic carbocycles. The molecule has 0 saturated heterocycles. The Kier molecular flexibility index (Phi) is 9.19. The Morgan fingerprint density at radius 2 is 1.35 bits per heavy atom. The van der Waals surface area contributed by atoms with Crippen LogP contribution in [-0.2, 0) is 12.5 Å². The van der Waals surface area contributed by atoms with Crippen LogP contribution in [0, 0.1) is 0 Å². The lowest BCUT2D eigenvalue weighted by Gasteiger charge is -2.29. The molecule has 15 heteroatoms. The second-order valence-electron chi connectivity index (χ2n) is 8.33. The van der Waals surface area contributed by atoms with Gasteiger partial charge in [-0.1, -0.05) is 30.3 Å². The van der Waals surface area contributed by atoms with Crippen molar-refractivity contribution in [3.05, 3.63) is 83.9 Å². The number of aliphatic hydroxyl groups excluding tert-OH is 1. The molecule has 0 unspecified atom stereocenters. The molecule has 0 heterocycles. The smallest absolute Gasteiger partial charge is 0.457 e. The van der Waals surface area contributed by atoms with E-state index in [4.69, 9.17) is 4.74 Å². The molecular weight excluding hydrogens is 587 g/mol. The fraction of sp³-hybridized carbons (Fsp3) is 0.280. The maximum absolute atomic E-state index is 13.8. The van der Waals surface area contributed by atoms with E-state index in [0.717, 1.165) is 23.1 Å². The Labute approximate surface area is 224 Å². The first kappa shape index (κ1) is 31.3. The maximum Gasteiger partial charge on any atom is 0.458 e. The molecule has 3 rings (SSSR count). The van der Waals surface area contributed by atoms with Crippen molar-refractivity contribution in [2.75, 3.05) is 11.4 Å². The molecule has 1 atom stereocenters. The predicted molar refractivity (Wildman–Crippen MR) is 124 cm³/mol. The summed E-state index contributed by atoms with van der Waals surface area (Å²) < 4.78 is 149. The number of ether oxygens (including phenoxy) is 1. The highest BCUT2D eigenvalue weighted by Crippen LogP contribution is 2.44. The van der Waals surface area contributed by atoms with Gasteiger partial charge < -0.3 is 14.7 Å². The third-order valence-corrected chi connectivity index (χ3v) is 5.97. The lowest BCUT2D eigenvalue weighted by molar-refractivity contribution is -0.289. The SMILES string of the molecule is O[C@H](CN(Cc1cccc(C(F)(F)C(F)(F)F)c1)c1cccc(Oc2cccc(SC(F)(F)F)c2)c1)C(F)(F)F. The number of halogens is 11. The zero-order valence-electron chi connectivity index (χ0n) is 19.8. The van der Waals surface area contributed by atoms with Gasteiger partial charge in [-0.15, -0.1) is 0 Å². The Bertz CT molecular complexity index is 1290. The van der Waals surface area contributed by atoms with Crippen LogP contribution in [0.25, 0.3) is 0 Å². The fourth-order valence-corrected chi connectivity index (χ4v) is 4.03. The summed E-state index contributed by atoms with van der Waals surface area (Å²) in [6, 6.07) is 12.9. The summed E-state index contributed by atoms with van der Waals surface area (Å²) in [5.41, 5.74) is -6.28. The Hall–Kier alpha value is -3.20. The van der Waals surface area contributed by atoms with Crippen molar-refractivity contribution in [2.45, 2.75) is 41.3 Å². The topological polar surface area (TPSA) is 32.7 Å². The van der Waals surface area contributed by atoms with Crippen LogP contribution in [-0.4, -0.2) is 35.6 Å². The second kappa shape index (κ2) is 11.7. The van der Waals surface area contributed by atoms with Crippen molar-refractivity contribution in [3.63, 3.8) is 0 Å². The van der Waals surface area contributed by atoms with E-state index in [1.54, 1.807) is 0 Å². The zero-order valence-corrected chi connectivity index (χ0v) is 20.6. The van der Waals surface area contributed by atoms with Gasteiger partial charge in [-0.25, -0.2) is 0 Å². The van der Waals surface area contributed by atoms with E-state index < -0.39 is 60.3 Å². The van der Waals surface area contributed by atoms with Crippen LogP contribution in [0.1, 0.15) is 11.1 Å². The van der Waals surface area contributed by atoms with Gasteiger partial charge in [-0.3, -0.25) is 0 Å². The number of benzene rings is 3. The lowest BCUT2D eigenvalue weighted by Crippen LogP contribution is -2.41. The van der Waals surface area contributed by atoms with Crippen LogP contribution in [0.5, 0.6) is 11.5 Å². The number of aliphatic hydroxyl groups is 1. The summed E-state index contributed by atoms with van der Waals surface area (Å²) >= 11 is -0.398. The largest absolute Gasteiger partial charge is 0.458 e. The number of thioether (sulfide) groups is 1. The highest BCUT2D eigenvalue weighted by molar-refractivity contribution is 8.00. The van der Waals surface area contributed by atoms with Gasteiger partial charge in [0.15, 0.2) is 6.10 Å². The van der Waals surface area contributed by atoms with E-state index in [1.807, 2.05) is 0 Å². The molecular formula is C25H18F11NO2S. The van der Waals surface area contributed by atoms with E-state index in [9.17, 15) is 53.4 Å². The normalized spacial score (nSPS) is 13.7. The Morgan fingerprint density at radius 3 is 1.95 bits per heavy atom. The number of hydrogen-bond donors (Lipinski definition) is 1. The first-order chi connectivity index (χ1) is 18.3. The van der Waals surface area contributed by atoms with E-state index in [2.05, 4.69) is 0 Å². The van der Waals surface area contributed by atoms with Gasteiger partial charge in [0.1, 0.15) is 11.5 Å². The molecule has 0 aromatic heterocycles. The minimum atomic E-state index is -5.92. The fourth-order valence-electron chi connectivity index (χ4n) is 3.44. The van der Waals surface area contributed by atoms with Crippen molar-refractivity contribution in [2.24, 2.45) is 0 Å². The summed E-state index contributed by atoms with van der Waals surface area (Å²) in [4.78, 5) is 0.679. The van der Waals surface area contributed by atoms with Crippen molar-refractivity contribution >= 4 is 17.4 Å². The molecule has 0 aliphatic rings. The monoisotopic (exact) mass is 605 g/mol. The van der Waals surface area contributed by atoms with E-state index in [1.165, 1.54) is 42.5 Å². The van der Waals surface area contributed by atoms with Crippen molar-refractivity contribution in [3.8, 4) is 11.5 Å². The van der Waals surface area contributed by atoms with Gasteiger partial charge in [0, 0.05) is 28.8 Å². The molecule has 3 nitrogen and oxygen atoms in total. The van der Waals surface area contributed by atoms with E-state index in [0.29, 0.717) is 12.1 Å². The number of alkyl halides is 11. The molecule has 218 valence electrons. The molecule has 0 aliphatic carbocycles. The third-order valence-electron chi connectivity index (χ3n) is 5.25. The highest BCUT2D eigenvalue weighted by Gasteiger charge is 2.58. The summed E-state index contributed by atoms with van der Waals surface area (Å²) in [7, 11) is 0. The first-order valence-electron chi connectivity index (χ1n) is 11.0. The second-order valence-corrected chi connectivity index (χ2v) is 9.47. The van der Waals surface area contributed by atoms with Crippen molar-refractivity contribution in [1.82, 2.24) is 0 Å². The molecule has 0 spiro atoms. The van der Waals surface area contributed by atoms with Gasteiger partial charge >= 0.3 is 23.8 Å². The summed E-state index contributed by atoms with van der Waals surface area (Å²) in [6.07, 6.45) is -13.9. The van der Waals surface area contributed by atoms with Crippen LogP contribution < -0.4 is 9.64 Å². The van der Waals surface area contributed by atoms with Crippen LogP contribution >= 0.6 is 11.8 Å². The molecule has 0 bridgehead atoms. The third kappa shape index (κ3) is 8.40. The summed E-state index contributed by atoms with van der Waals surface area (Å²) in [6.45, 7) is -1.76. The minimum absolute atomic E-state index is 0.0458. The van der Waals surface area contributed by atoms with Crippen LogP contribution in [0.2, 0.25) is 0 Å². The molecule has 3 aromatic rings. The minimum Gasteiger partial charge on any atom is -0.457 e. The van der Waals surface area contributed by atoms with Crippen molar-refractivity contribution in [1.29, 1.82) is 0 Å². The average molecular weight is 605 g/mol. The van der Waals surface area contributed by atoms with Crippen molar-refractivity contribution < 1.29 is 58.1 Å².